The maximum absolute atomic E-state index is 9.75. The molecule has 0 aromatic heterocycles. The van der Waals surface area contributed by atoms with Gasteiger partial charge in [-0.3, -0.25) is 0 Å². The second-order valence-electron chi connectivity index (χ2n) is 6.53. The monoisotopic (exact) mass is 422 g/mol. The van der Waals surface area contributed by atoms with Gasteiger partial charge in [-0.15, -0.1) is 0 Å². The first kappa shape index (κ1) is 25.2. The van der Waals surface area contributed by atoms with Crippen molar-refractivity contribution < 1.29 is 36.3 Å². The number of morpholine rings is 1. The second-order valence-corrected chi connectivity index (χ2v) is 6.53. The van der Waals surface area contributed by atoms with Gasteiger partial charge >= 0.3 is 13.0 Å². The molecule has 1 fully saturated rings. The lowest BCUT2D eigenvalue weighted by Gasteiger charge is -2.33. The van der Waals surface area contributed by atoms with Crippen LogP contribution in [0.1, 0.15) is 39.5 Å². The van der Waals surface area contributed by atoms with E-state index in [9.17, 15) is 22.8 Å². The van der Waals surface area contributed by atoms with Crippen LogP contribution >= 0.6 is 0 Å². The molecule has 6 nitrogen and oxygen atoms in total. The van der Waals surface area contributed by atoms with Crippen molar-refractivity contribution >= 4 is 13.0 Å². The summed E-state index contributed by atoms with van der Waals surface area (Å²) in [5, 5.41) is 0. The Bertz CT molecular complexity index is 596. The molecule has 1 saturated heterocycles. The van der Waals surface area contributed by atoms with Crippen molar-refractivity contribution in [3.8, 4) is 0 Å². The Morgan fingerprint density at radius 1 is 1.14 bits per heavy atom. The highest BCUT2D eigenvalue weighted by Crippen LogP contribution is 2.25. The van der Waals surface area contributed by atoms with E-state index in [2.05, 4.69) is 23.5 Å². The maximum atomic E-state index is 9.75. The van der Waals surface area contributed by atoms with Crippen LogP contribution < -0.4 is 0 Å². The van der Waals surface area contributed by atoms with Crippen LogP contribution in [0.25, 0.3) is 5.53 Å². The Kier molecular flexibility index (Phi) is 11.6. The van der Waals surface area contributed by atoms with E-state index in [1.807, 2.05) is 6.08 Å². The van der Waals surface area contributed by atoms with Gasteiger partial charge in [0.05, 0.1) is 31.6 Å². The Balaban J connectivity index is 0.000000749. The van der Waals surface area contributed by atoms with Gasteiger partial charge in [-0.1, -0.05) is 26.7 Å². The highest BCUT2D eigenvalue weighted by Gasteiger charge is 2.31. The van der Waals surface area contributed by atoms with Crippen LogP contribution in [0, 0.1) is 0 Å². The minimum atomic E-state index is -6.00. The van der Waals surface area contributed by atoms with E-state index in [0.29, 0.717) is 32.1 Å². The summed E-state index contributed by atoms with van der Waals surface area (Å²) >= 11 is 0. The summed E-state index contributed by atoms with van der Waals surface area (Å²) in [6.45, 7) is 8.64. The summed E-state index contributed by atoms with van der Waals surface area (Å²) in [7, 11) is -6.00. The SMILES string of the molecule is CCCCOC1=CC(=[N+]=[N-])C(OCCCC)C=C1N1CCOCC1.F[B-](F)(F)F. The number of hydrogen-bond acceptors (Lipinski definition) is 4. The van der Waals surface area contributed by atoms with Gasteiger partial charge in [-0.25, -0.2) is 0 Å². The smallest absolute Gasteiger partial charge is 0.491 e. The normalized spacial score (nSPS) is 19.6. The number of ether oxygens (including phenoxy) is 3. The molecule has 0 saturated carbocycles. The molecule has 0 aromatic carbocycles. The van der Waals surface area contributed by atoms with Crippen LogP contribution in [0.5, 0.6) is 0 Å². The van der Waals surface area contributed by atoms with E-state index in [1.165, 1.54) is 0 Å². The van der Waals surface area contributed by atoms with E-state index in [4.69, 9.17) is 14.2 Å². The average Bonchev–Trinajstić information content (AvgIpc) is 2.68. The predicted octanol–water partition coefficient (Wildman–Crippen LogP) is 4.07. The molecular weight excluding hydrogens is 393 g/mol. The van der Waals surface area contributed by atoms with Crippen molar-refractivity contribution in [2.45, 2.75) is 45.6 Å². The van der Waals surface area contributed by atoms with Crippen molar-refractivity contribution in [1.82, 2.24) is 4.90 Å². The van der Waals surface area contributed by atoms with E-state index in [-0.39, 0.29) is 6.10 Å². The molecular formula is C18H29BF4N3O3-. The zero-order valence-electron chi connectivity index (χ0n) is 17.0. The van der Waals surface area contributed by atoms with E-state index in [0.717, 1.165) is 50.2 Å². The van der Waals surface area contributed by atoms with Gasteiger partial charge in [0.15, 0.2) is 6.10 Å². The highest BCUT2D eigenvalue weighted by molar-refractivity contribution is 6.50. The largest absolute Gasteiger partial charge is 0.673 e. The number of rotatable bonds is 9. The number of hydrogen-bond donors (Lipinski definition) is 0. The number of nitrogens with zero attached hydrogens (tertiary/aromatic N) is 3. The second kappa shape index (κ2) is 13.4. The Morgan fingerprint density at radius 2 is 1.72 bits per heavy atom. The summed E-state index contributed by atoms with van der Waals surface area (Å²) in [4.78, 5) is 5.67. The minimum Gasteiger partial charge on any atom is -0.491 e. The summed E-state index contributed by atoms with van der Waals surface area (Å²) in [5.41, 5.74) is 10.9. The van der Waals surface area contributed by atoms with E-state index < -0.39 is 7.25 Å². The Morgan fingerprint density at radius 3 is 2.28 bits per heavy atom. The maximum Gasteiger partial charge on any atom is 0.673 e. The topological polar surface area (TPSA) is 67.3 Å². The minimum absolute atomic E-state index is 0.335. The third kappa shape index (κ3) is 10.5. The molecule has 11 heteroatoms. The quantitative estimate of drug-likeness (QED) is 0.185. The molecule has 0 aromatic rings. The molecule has 2 rings (SSSR count). The molecule has 0 amide bonds. The zero-order valence-corrected chi connectivity index (χ0v) is 17.0. The van der Waals surface area contributed by atoms with Crippen LogP contribution in [-0.4, -0.2) is 68.3 Å². The summed E-state index contributed by atoms with van der Waals surface area (Å²) in [6, 6.07) is 0. The fourth-order valence-corrected chi connectivity index (χ4v) is 2.68. The molecule has 1 unspecified atom stereocenters. The first-order chi connectivity index (χ1) is 13.8. The van der Waals surface area contributed by atoms with Crippen LogP contribution in [-0.2, 0) is 14.2 Å². The molecule has 1 heterocycles. The predicted molar refractivity (Wildman–Crippen MR) is 103 cm³/mol. The summed E-state index contributed by atoms with van der Waals surface area (Å²) in [6.07, 6.45) is 7.61. The number of halogens is 4. The molecule has 1 aliphatic heterocycles. The van der Waals surface area contributed by atoms with Crippen molar-refractivity contribution in [2.75, 3.05) is 39.5 Å². The lowest BCUT2D eigenvalue weighted by molar-refractivity contribution is -0.0241. The Hall–Kier alpha value is -1.84. The van der Waals surface area contributed by atoms with Crippen LogP contribution in [0.15, 0.2) is 23.6 Å². The van der Waals surface area contributed by atoms with Crippen molar-refractivity contribution in [3.63, 3.8) is 0 Å². The first-order valence-electron chi connectivity index (χ1n) is 9.90. The molecule has 1 atom stereocenters. The van der Waals surface area contributed by atoms with E-state index >= 15 is 0 Å². The van der Waals surface area contributed by atoms with Gasteiger partial charge in [0, 0.05) is 19.7 Å². The van der Waals surface area contributed by atoms with Gasteiger partial charge in [0.2, 0.25) is 0 Å². The van der Waals surface area contributed by atoms with Gasteiger partial charge in [0.25, 0.3) is 0 Å². The summed E-state index contributed by atoms with van der Waals surface area (Å²) in [5.74, 6) is 0.758. The van der Waals surface area contributed by atoms with Crippen molar-refractivity contribution in [3.05, 3.63) is 29.1 Å². The molecule has 2 aliphatic rings. The molecule has 0 radical (unpaired) electrons. The molecule has 0 spiro atoms. The highest BCUT2D eigenvalue weighted by atomic mass is 19.5. The van der Waals surface area contributed by atoms with Crippen molar-refractivity contribution in [2.24, 2.45) is 0 Å². The molecule has 166 valence electrons. The fraction of sp³-hybridized carbons (Fsp3) is 0.722. The number of unbranched alkanes of at least 4 members (excludes halogenated alkanes) is 2. The van der Waals surface area contributed by atoms with Crippen molar-refractivity contribution in [1.29, 1.82) is 0 Å². The van der Waals surface area contributed by atoms with Crippen LogP contribution in [0.3, 0.4) is 0 Å². The van der Waals surface area contributed by atoms with Gasteiger partial charge < -0.3 is 41.9 Å². The van der Waals surface area contributed by atoms with Gasteiger partial charge in [-0.05, 0) is 18.9 Å². The zero-order chi connectivity index (χ0) is 21.7. The van der Waals surface area contributed by atoms with Crippen LogP contribution in [0.4, 0.5) is 17.3 Å². The third-order valence-corrected chi connectivity index (χ3v) is 4.15. The standard InChI is InChI=1S/C18H29N3O3.BF4/c1-3-5-9-23-17-14-16(21-7-11-22-12-8-21)18(13-15(17)20-19)24-10-6-4-2;2-1(3,4)5/h13-14,17H,3-12H2,1-2H3;/q;-1. The molecule has 0 bridgehead atoms. The van der Waals surface area contributed by atoms with Gasteiger partial charge in [-0.2, -0.15) is 4.79 Å². The van der Waals surface area contributed by atoms with Crippen LogP contribution in [0.2, 0.25) is 0 Å². The summed E-state index contributed by atoms with van der Waals surface area (Å²) < 4.78 is 56.3. The lowest BCUT2D eigenvalue weighted by atomic mass is 10.0. The van der Waals surface area contributed by atoms with Gasteiger partial charge in [0.1, 0.15) is 5.76 Å². The third-order valence-electron chi connectivity index (χ3n) is 4.15. The molecule has 29 heavy (non-hydrogen) atoms. The van der Waals surface area contributed by atoms with E-state index in [1.54, 1.807) is 6.08 Å². The lowest BCUT2D eigenvalue weighted by Crippen LogP contribution is -2.39. The fourth-order valence-electron chi connectivity index (χ4n) is 2.68. The Labute approximate surface area is 169 Å². The molecule has 0 N–H and O–H groups in total. The average molecular weight is 422 g/mol. The first-order valence-corrected chi connectivity index (χ1v) is 9.90. The molecule has 1 aliphatic carbocycles.